The third kappa shape index (κ3) is 3.02. The van der Waals surface area contributed by atoms with Crippen LogP contribution in [0.15, 0.2) is 53.1 Å². The Morgan fingerprint density at radius 3 is 2.77 bits per heavy atom. The molecule has 0 saturated heterocycles. The number of halogens is 1. The van der Waals surface area contributed by atoms with Crippen LogP contribution in [0, 0.1) is 6.92 Å². The quantitative estimate of drug-likeness (QED) is 0.501. The second-order valence-electron chi connectivity index (χ2n) is 6.04. The summed E-state index contributed by atoms with van der Waals surface area (Å²) in [6, 6.07) is 13.1. The van der Waals surface area contributed by atoms with Gasteiger partial charge >= 0.3 is 0 Å². The number of thiophene rings is 1. The fraction of sp³-hybridized carbons (Fsp3) is 0.158. The lowest BCUT2D eigenvalue weighted by Gasteiger charge is -2.14. The molecule has 4 rings (SSSR count). The van der Waals surface area contributed by atoms with Crippen LogP contribution in [-0.4, -0.2) is 27.6 Å². The number of carbonyl (C=O) groups excluding carboxylic acids is 1. The van der Waals surface area contributed by atoms with Crippen molar-refractivity contribution >= 4 is 39.1 Å². The van der Waals surface area contributed by atoms with Crippen molar-refractivity contribution in [3.8, 4) is 5.69 Å². The number of fused-ring (bicyclic) bond motifs is 1. The molecule has 0 N–H and O–H groups in total. The van der Waals surface area contributed by atoms with E-state index in [0.717, 1.165) is 27.4 Å². The van der Waals surface area contributed by atoms with Crippen molar-refractivity contribution in [2.45, 2.75) is 13.5 Å². The van der Waals surface area contributed by atoms with Gasteiger partial charge < -0.3 is 9.32 Å². The summed E-state index contributed by atoms with van der Waals surface area (Å²) >= 11 is 7.41. The monoisotopic (exact) mass is 385 g/mol. The molecular formula is C19H16ClN3O2S. The molecule has 0 unspecified atom stereocenters. The van der Waals surface area contributed by atoms with E-state index < -0.39 is 0 Å². The van der Waals surface area contributed by atoms with Gasteiger partial charge in [0.25, 0.3) is 5.91 Å². The standard InChI is InChI=1S/C19H16ClN3O2S/c1-12-16-10-17(18(24)22(2)11-15-4-3-9-25-15)26-19(16)23(21-12)14-7-5-13(20)6-8-14/h3-10H,11H2,1-2H3. The second-order valence-corrected chi connectivity index (χ2v) is 7.51. The largest absolute Gasteiger partial charge is 0.467 e. The van der Waals surface area contributed by atoms with E-state index in [4.69, 9.17) is 16.0 Å². The zero-order valence-electron chi connectivity index (χ0n) is 14.3. The topological polar surface area (TPSA) is 51.3 Å². The number of nitrogens with zero attached hydrogens (tertiary/aromatic N) is 3. The summed E-state index contributed by atoms with van der Waals surface area (Å²) < 4.78 is 7.18. The first-order chi connectivity index (χ1) is 12.5. The van der Waals surface area contributed by atoms with E-state index in [1.165, 1.54) is 11.3 Å². The molecule has 0 radical (unpaired) electrons. The summed E-state index contributed by atoms with van der Waals surface area (Å²) in [6.45, 7) is 2.38. The first-order valence-electron chi connectivity index (χ1n) is 8.06. The Hall–Kier alpha value is -2.57. The van der Waals surface area contributed by atoms with Crippen molar-refractivity contribution in [3.63, 3.8) is 0 Å². The van der Waals surface area contributed by atoms with E-state index in [1.54, 1.807) is 18.2 Å². The van der Waals surface area contributed by atoms with Gasteiger partial charge in [0.2, 0.25) is 0 Å². The lowest BCUT2D eigenvalue weighted by Crippen LogP contribution is -2.25. The Kier molecular flexibility index (Phi) is 4.30. The Balaban J connectivity index is 1.68. The highest BCUT2D eigenvalue weighted by Gasteiger charge is 2.20. The molecule has 0 spiro atoms. The molecular weight excluding hydrogens is 370 g/mol. The highest BCUT2D eigenvalue weighted by molar-refractivity contribution is 7.20. The highest BCUT2D eigenvalue weighted by Crippen LogP contribution is 2.31. The lowest BCUT2D eigenvalue weighted by molar-refractivity contribution is 0.0780. The molecule has 7 heteroatoms. The molecule has 26 heavy (non-hydrogen) atoms. The number of amides is 1. The van der Waals surface area contributed by atoms with E-state index in [9.17, 15) is 4.79 Å². The van der Waals surface area contributed by atoms with Crippen LogP contribution in [0.3, 0.4) is 0 Å². The molecule has 0 fully saturated rings. The van der Waals surface area contributed by atoms with Crippen LogP contribution in [0.25, 0.3) is 15.9 Å². The number of aromatic nitrogens is 2. The van der Waals surface area contributed by atoms with E-state index >= 15 is 0 Å². The maximum atomic E-state index is 12.8. The smallest absolute Gasteiger partial charge is 0.264 e. The molecule has 0 aliphatic heterocycles. The first kappa shape index (κ1) is 16.9. The van der Waals surface area contributed by atoms with Crippen LogP contribution in [-0.2, 0) is 6.54 Å². The average Bonchev–Trinajstić information content (AvgIpc) is 3.34. The van der Waals surface area contributed by atoms with Gasteiger partial charge in [-0.1, -0.05) is 11.6 Å². The number of benzene rings is 1. The molecule has 0 saturated carbocycles. The van der Waals surface area contributed by atoms with Crippen molar-refractivity contribution in [2.75, 3.05) is 7.05 Å². The summed E-state index contributed by atoms with van der Waals surface area (Å²) in [4.78, 5) is 16.1. The molecule has 3 heterocycles. The van der Waals surface area contributed by atoms with Crippen LogP contribution >= 0.6 is 22.9 Å². The van der Waals surface area contributed by atoms with E-state index in [-0.39, 0.29) is 5.91 Å². The van der Waals surface area contributed by atoms with Gasteiger partial charge in [0.15, 0.2) is 0 Å². The number of rotatable bonds is 4. The van der Waals surface area contributed by atoms with Gasteiger partial charge in [-0.3, -0.25) is 4.79 Å². The van der Waals surface area contributed by atoms with Gasteiger partial charge in [-0.15, -0.1) is 11.3 Å². The predicted octanol–water partition coefficient (Wildman–Crippen LogP) is 4.91. The molecule has 5 nitrogen and oxygen atoms in total. The van der Waals surface area contributed by atoms with Crippen LogP contribution in [0.1, 0.15) is 21.1 Å². The van der Waals surface area contributed by atoms with Crippen LogP contribution in [0.5, 0.6) is 0 Å². The fourth-order valence-electron chi connectivity index (χ4n) is 2.81. The van der Waals surface area contributed by atoms with Crippen LogP contribution in [0.4, 0.5) is 0 Å². The normalized spacial score (nSPS) is 11.2. The third-order valence-corrected chi connectivity index (χ3v) is 5.50. The number of hydrogen-bond acceptors (Lipinski definition) is 4. The summed E-state index contributed by atoms with van der Waals surface area (Å²) in [5.74, 6) is 0.718. The lowest BCUT2D eigenvalue weighted by atomic mass is 10.3. The van der Waals surface area contributed by atoms with E-state index in [0.29, 0.717) is 16.4 Å². The molecule has 132 valence electrons. The van der Waals surface area contributed by atoms with Crippen molar-refractivity contribution in [1.29, 1.82) is 0 Å². The fourth-order valence-corrected chi connectivity index (χ4v) is 4.11. The molecule has 1 amide bonds. The average molecular weight is 386 g/mol. The number of carbonyl (C=O) groups is 1. The molecule has 0 bridgehead atoms. The molecule has 0 atom stereocenters. The Morgan fingerprint density at radius 1 is 1.31 bits per heavy atom. The maximum Gasteiger partial charge on any atom is 0.264 e. The second kappa shape index (κ2) is 6.63. The summed E-state index contributed by atoms with van der Waals surface area (Å²) in [5, 5.41) is 6.26. The summed E-state index contributed by atoms with van der Waals surface area (Å²) in [6.07, 6.45) is 1.61. The molecule has 4 aromatic rings. The van der Waals surface area contributed by atoms with Gasteiger partial charge in [0, 0.05) is 17.5 Å². The van der Waals surface area contributed by atoms with Crippen molar-refractivity contribution in [3.05, 3.63) is 70.1 Å². The Labute approximate surface area is 159 Å². The van der Waals surface area contributed by atoms with Gasteiger partial charge in [-0.05, 0) is 49.4 Å². The molecule has 1 aromatic carbocycles. The highest BCUT2D eigenvalue weighted by atomic mass is 35.5. The minimum Gasteiger partial charge on any atom is -0.467 e. The van der Waals surface area contributed by atoms with Gasteiger partial charge in [0.1, 0.15) is 10.6 Å². The number of hydrogen-bond donors (Lipinski definition) is 0. The van der Waals surface area contributed by atoms with Crippen molar-refractivity contribution in [2.24, 2.45) is 0 Å². The number of furan rings is 1. The molecule has 3 aromatic heterocycles. The van der Waals surface area contributed by atoms with Crippen molar-refractivity contribution < 1.29 is 9.21 Å². The minimum atomic E-state index is -0.0374. The Morgan fingerprint density at radius 2 is 2.08 bits per heavy atom. The van der Waals surface area contributed by atoms with Gasteiger partial charge in [-0.25, -0.2) is 4.68 Å². The van der Waals surface area contributed by atoms with Gasteiger partial charge in [-0.2, -0.15) is 5.10 Å². The third-order valence-electron chi connectivity index (χ3n) is 4.15. The zero-order valence-corrected chi connectivity index (χ0v) is 15.8. The zero-order chi connectivity index (χ0) is 18.3. The first-order valence-corrected chi connectivity index (χ1v) is 9.25. The number of aryl methyl sites for hydroxylation is 1. The Bertz CT molecular complexity index is 1060. The van der Waals surface area contributed by atoms with Crippen LogP contribution < -0.4 is 0 Å². The van der Waals surface area contributed by atoms with E-state index in [2.05, 4.69) is 5.10 Å². The predicted molar refractivity (Wildman–Crippen MR) is 103 cm³/mol. The van der Waals surface area contributed by atoms with E-state index in [1.807, 2.05) is 54.1 Å². The minimum absolute atomic E-state index is 0.0374. The molecule has 0 aliphatic rings. The van der Waals surface area contributed by atoms with Crippen LogP contribution in [0.2, 0.25) is 5.02 Å². The maximum absolute atomic E-state index is 12.8. The summed E-state index contributed by atoms with van der Waals surface area (Å²) in [5.41, 5.74) is 1.80. The SMILES string of the molecule is Cc1nn(-c2ccc(Cl)cc2)c2sc(C(=O)N(C)Cc3ccco3)cc12. The summed E-state index contributed by atoms with van der Waals surface area (Å²) in [7, 11) is 1.77. The van der Waals surface area contributed by atoms with Gasteiger partial charge in [0.05, 0.1) is 29.1 Å². The van der Waals surface area contributed by atoms with Crippen molar-refractivity contribution in [1.82, 2.24) is 14.7 Å². The molecule has 0 aliphatic carbocycles.